The van der Waals surface area contributed by atoms with E-state index in [1.165, 1.54) is 25.5 Å². The molecule has 3 rings (SSSR count). The fourth-order valence-corrected chi connectivity index (χ4v) is 2.02. The van der Waals surface area contributed by atoms with Gasteiger partial charge < -0.3 is 23.9 Å². The Morgan fingerprint density at radius 1 is 1.22 bits per heavy atom. The third-order valence-electron chi connectivity index (χ3n) is 3.11. The second-order valence-corrected chi connectivity index (χ2v) is 4.59. The van der Waals surface area contributed by atoms with Gasteiger partial charge in [0.15, 0.2) is 17.3 Å². The molecule has 0 spiro atoms. The molecule has 1 aromatic carbocycles. The molecule has 1 aliphatic rings. The molecule has 0 atom stereocenters. The van der Waals surface area contributed by atoms with Crippen LogP contribution in [0.15, 0.2) is 46.7 Å². The van der Waals surface area contributed by atoms with E-state index in [2.05, 4.69) is 10.1 Å². The number of rotatable bonds is 4. The van der Waals surface area contributed by atoms with Crippen molar-refractivity contribution in [1.29, 1.82) is 0 Å². The third kappa shape index (κ3) is 3.18. The predicted molar refractivity (Wildman–Crippen MR) is 78.7 cm³/mol. The molecule has 1 amide bonds. The summed E-state index contributed by atoms with van der Waals surface area (Å²) in [4.78, 5) is 23.9. The van der Waals surface area contributed by atoms with Crippen LogP contribution in [0.2, 0.25) is 0 Å². The number of fused-ring (bicyclic) bond motifs is 1. The predicted octanol–water partition coefficient (Wildman–Crippen LogP) is 1.95. The molecule has 0 fully saturated rings. The van der Waals surface area contributed by atoms with Crippen LogP contribution in [-0.2, 0) is 9.53 Å². The second-order valence-electron chi connectivity index (χ2n) is 4.59. The van der Waals surface area contributed by atoms with E-state index in [-0.39, 0.29) is 18.3 Å². The zero-order valence-corrected chi connectivity index (χ0v) is 12.2. The lowest BCUT2D eigenvalue weighted by Gasteiger charge is -2.07. The minimum atomic E-state index is -0.678. The van der Waals surface area contributed by atoms with Gasteiger partial charge in [-0.2, -0.15) is 0 Å². The second kappa shape index (κ2) is 6.27. The Bertz CT molecular complexity index is 763. The average Bonchev–Trinajstić information content (AvgIpc) is 3.24. The highest BCUT2D eigenvalue weighted by Crippen LogP contribution is 2.33. The molecule has 23 heavy (non-hydrogen) atoms. The van der Waals surface area contributed by atoms with Crippen LogP contribution >= 0.6 is 0 Å². The Balaban J connectivity index is 1.86. The fourth-order valence-electron chi connectivity index (χ4n) is 2.02. The van der Waals surface area contributed by atoms with E-state index in [9.17, 15) is 9.59 Å². The largest absolute Gasteiger partial charge is 0.464 e. The summed E-state index contributed by atoms with van der Waals surface area (Å²) in [6.07, 6.45) is 2.85. The van der Waals surface area contributed by atoms with Crippen LogP contribution in [0.5, 0.6) is 11.5 Å². The zero-order valence-electron chi connectivity index (χ0n) is 12.2. The van der Waals surface area contributed by atoms with E-state index in [1.54, 1.807) is 24.3 Å². The number of furan rings is 1. The highest BCUT2D eigenvalue weighted by Gasteiger charge is 2.18. The van der Waals surface area contributed by atoms with Crippen molar-refractivity contribution in [1.82, 2.24) is 5.32 Å². The SMILES string of the molecule is COC(=O)/C(=C\c1ccc2c(c1)OCO2)NC(=O)c1ccco1. The van der Waals surface area contributed by atoms with Gasteiger partial charge in [-0.1, -0.05) is 6.07 Å². The first-order valence-electron chi connectivity index (χ1n) is 6.72. The Labute approximate surface area is 131 Å². The summed E-state index contributed by atoms with van der Waals surface area (Å²) in [6.45, 7) is 0.154. The first kappa shape index (κ1) is 14.7. The smallest absolute Gasteiger partial charge is 0.354 e. The first-order valence-corrected chi connectivity index (χ1v) is 6.72. The minimum Gasteiger partial charge on any atom is -0.464 e. The van der Waals surface area contributed by atoms with Gasteiger partial charge in [-0.15, -0.1) is 0 Å². The van der Waals surface area contributed by atoms with Gasteiger partial charge in [-0.3, -0.25) is 4.79 Å². The van der Waals surface area contributed by atoms with Gasteiger partial charge in [0, 0.05) is 0 Å². The number of hydrogen-bond donors (Lipinski definition) is 1. The normalized spacial score (nSPS) is 12.8. The van der Waals surface area contributed by atoms with E-state index >= 15 is 0 Å². The highest BCUT2D eigenvalue weighted by atomic mass is 16.7. The Hall–Kier alpha value is -3.22. The summed E-state index contributed by atoms with van der Waals surface area (Å²) in [5.74, 6) is 0.0576. The minimum absolute atomic E-state index is 0.0206. The molecule has 2 aromatic rings. The molecule has 0 aliphatic carbocycles. The van der Waals surface area contributed by atoms with Gasteiger partial charge in [-0.25, -0.2) is 4.79 Å². The Kier molecular flexibility index (Phi) is 4.01. The van der Waals surface area contributed by atoms with Gasteiger partial charge >= 0.3 is 5.97 Å². The van der Waals surface area contributed by atoms with Crippen molar-refractivity contribution in [2.45, 2.75) is 0 Å². The quantitative estimate of drug-likeness (QED) is 0.685. The van der Waals surface area contributed by atoms with E-state index in [4.69, 9.17) is 13.9 Å². The lowest BCUT2D eigenvalue weighted by atomic mass is 10.1. The maximum atomic E-state index is 12.0. The van der Waals surface area contributed by atoms with Crippen LogP contribution in [0.4, 0.5) is 0 Å². The van der Waals surface area contributed by atoms with E-state index in [0.717, 1.165) is 0 Å². The number of amides is 1. The molecule has 7 nitrogen and oxygen atoms in total. The molecule has 2 heterocycles. The number of benzene rings is 1. The topological polar surface area (TPSA) is 87.0 Å². The van der Waals surface area contributed by atoms with Crippen LogP contribution in [0.1, 0.15) is 16.1 Å². The summed E-state index contributed by atoms with van der Waals surface area (Å²) < 4.78 is 20.2. The summed E-state index contributed by atoms with van der Waals surface area (Å²) >= 11 is 0. The molecule has 0 bridgehead atoms. The van der Waals surface area contributed by atoms with Crippen molar-refractivity contribution in [2.24, 2.45) is 0 Å². The van der Waals surface area contributed by atoms with Crippen LogP contribution in [0.3, 0.4) is 0 Å². The molecule has 0 saturated carbocycles. The zero-order chi connectivity index (χ0) is 16.2. The van der Waals surface area contributed by atoms with Gasteiger partial charge in [0.25, 0.3) is 5.91 Å². The average molecular weight is 315 g/mol. The summed E-state index contributed by atoms with van der Waals surface area (Å²) in [5, 5.41) is 2.47. The van der Waals surface area contributed by atoms with Crippen molar-refractivity contribution in [3.8, 4) is 11.5 Å². The molecular weight excluding hydrogens is 302 g/mol. The number of hydrogen-bond acceptors (Lipinski definition) is 6. The van der Waals surface area contributed by atoms with Crippen LogP contribution < -0.4 is 14.8 Å². The lowest BCUT2D eigenvalue weighted by Crippen LogP contribution is -2.27. The van der Waals surface area contributed by atoms with Crippen molar-refractivity contribution in [3.05, 3.63) is 53.6 Å². The molecule has 118 valence electrons. The van der Waals surface area contributed by atoms with Gasteiger partial charge in [0.2, 0.25) is 6.79 Å². The highest BCUT2D eigenvalue weighted by molar-refractivity contribution is 6.02. The number of carbonyl (C=O) groups excluding carboxylic acids is 2. The molecule has 0 unspecified atom stereocenters. The standard InChI is InChI=1S/C16H13NO6/c1-20-16(19)11(17-15(18)13-3-2-6-21-13)7-10-4-5-12-14(8-10)23-9-22-12/h2-8H,9H2,1H3,(H,17,18)/b11-7+. The van der Waals surface area contributed by atoms with Crippen molar-refractivity contribution < 1.29 is 28.2 Å². The molecule has 1 aromatic heterocycles. The number of esters is 1. The molecule has 0 saturated heterocycles. The van der Waals surface area contributed by atoms with Crippen LogP contribution in [0, 0.1) is 0 Å². The molecular formula is C16H13NO6. The van der Waals surface area contributed by atoms with E-state index < -0.39 is 11.9 Å². The van der Waals surface area contributed by atoms with Crippen molar-refractivity contribution in [2.75, 3.05) is 13.9 Å². The number of nitrogens with one attached hydrogen (secondary N) is 1. The Morgan fingerprint density at radius 3 is 2.78 bits per heavy atom. The van der Waals surface area contributed by atoms with Crippen LogP contribution in [-0.4, -0.2) is 25.8 Å². The fraction of sp³-hybridized carbons (Fsp3) is 0.125. The van der Waals surface area contributed by atoms with E-state index in [1.807, 2.05) is 0 Å². The number of ether oxygens (including phenoxy) is 3. The number of carbonyl (C=O) groups is 2. The third-order valence-corrected chi connectivity index (χ3v) is 3.11. The molecule has 1 aliphatic heterocycles. The number of methoxy groups -OCH3 is 1. The van der Waals surface area contributed by atoms with Crippen molar-refractivity contribution in [3.63, 3.8) is 0 Å². The molecule has 7 heteroatoms. The summed E-state index contributed by atoms with van der Waals surface area (Å²) in [6, 6.07) is 8.22. The summed E-state index contributed by atoms with van der Waals surface area (Å²) in [7, 11) is 1.23. The Morgan fingerprint density at radius 2 is 2.04 bits per heavy atom. The van der Waals surface area contributed by atoms with Gasteiger partial charge in [0.05, 0.1) is 13.4 Å². The van der Waals surface area contributed by atoms with E-state index in [0.29, 0.717) is 17.1 Å². The molecule has 1 N–H and O–H groups in total. The van der Waals surface area contributed by atoms with Gasteiger partial charge in [-0.05, 0) is 35.9 Å². The monoisotopic (exact) mass is 315 g/mol. The maximum absolute atomic E-state index is 12.0. The first-order chi connectivity index (χ1) is 11.2. The van der Waals surface area contributed by atoms with Gasteiger partial charge in [0.1, 0.15) is 5.70 Å². The van der Waals surface area contributed by atoms with Crippen LogP contribution in [0.25, 0.3) is 6.08 Å². The molecule has 0 radical (unpaired) electrons. The maximum Gasteiger partial charge on any atom is 0.354 e. The lowest BCUT2D eigenvalue weighted by molar-refractivity contribution is -0.136. The van der Waals surface area contributed by atoms with Crippen molar-refractivity contribution >= 4 is 18.0 Å². The summed E-state index contributed by atoms with van der Waals surface area (Å²) in [5.41, 5.74) is 0.627.